The van der Waals surface area contributed by atoms with Crippen molar-refractivity contribution in [3.05, 3.63) is 135 Å². The van der Waals surface area contributed by atoms with E-state index in [4.69, 9.17) is 10.8 Å². The summed E-state index contributed by atoms with van der Waals surface area (Å²) in [6, 6.07) is 19.1. The number of benzene rings is 2. The Morgan fingerprint density at radius 2 is 1.12 bits per heavy atom. The van der Waals surface area contributed by atoms with Crippen LogP contribution in [0, 0.1) is 0 Å². The van der Waals surface area contributed by atoms with Crippen LogP contribution >= 0.6 is 0 Å². The van der Waals surface area contributed by atoms with Crippen molar-refractivity contribution in [2.75, 3.05) is 36.0 Å². The zero-order valence-corrected chi connectivity index (χ0v) is 30.5. The number of hydrogen-bond donors (Lipinski definition) is 3. The number of nitrogens with zero attached hydrogens (tertiary/aromatic N) is 14. The molecule has 0 radical (unpaired) electrons. The fraction of sp³-hybridized carbons (Fsp3) is 0.211. The van der Waals surface area contributed by atoms with Gasteiger partial charge in [-0.2, -0.15) is 0 Å². The average molecular weight is 767 g/mol. The summed E-state index contributed by atoms with van der Waals surface area (Å²) in [4.78, 5) is 52.7. The predicted molar refractivity (Wildman–Crippen MR) is 209 cm³/mol. The summed E-state index contributed by atoms with van der Waals surface area (Å²) >= 11 is 0. The zero-order chi connectivity index (χ0) is 39.1. The van der Waals surface area contributed by atoms with Gasteiger partial charge in [-0.15, -0.1) is 10.2 Å². The van der Waals surface area contributed by atoms with E-state index in [-0.39, 0.29) is 29.6 Å². The lowest BCUT2D eigenvalue weighted by Crippen LogP contribution is -2.37. The highest BCUT2D eigenvalue weighted by Crippen LogP contribution is 2.23. The van der Waals surface area contributed by atoms with E-state index < -0.39 is 5.97 Å². The Bertz CT molecular complexity index is 2580. The van der Waals surface area contributed by atoms with Crippen molar-refractivity contribution in [1.82, 2.24) is 63.6 Å². The topological polar surface area (TPSA) is 221 Å². The van der Waals surface area contributed by atoms with Crippen molar-refractivity contribution >= 4 is 34.8 Å². The Kier molecular flexibility index (Phi) is 10.5. The largest absolute Gasteiger partial charge is 0.475 e. The minimum absolute atomic E-state index is 0.00759. The predicted octanol–water partition coefficient (Wildman–Crippen LogP) is 2.55. The van der Waals surface area contributed by atoms with E-state index in [1.165, 1.54) is 11.0 Å². The van der Waals surface area contributed by atoms with Crippen molar-refractivity contribution in [2.45, 2.75) is 24.9 Å². The molecular formula is C38H38N16O3. The van der Waals surface area contributed by atoms with Crippen LogP contribution in [0.2, 0.25) is 0 Å². The number of imidazole rings is 2. The number of nitrogens with one attached hydrogen (secondary N) is 1. The summed E-state index contributed by atoms with van der Waals surface area (Å²) in [5.41, 5.74) is 9.26. The van der Waals surface area contributed by atoms with E-state index in [1.54, 1.807) is 35.8 Å². The van der Waals surface area contributed by atoms with Gasteiger partial charge in [-0.3, -0.25) is 4.79 Å². The Hall–Kier alpha value is -7.54. The smallest absolute Gasteiger partial charge is 0.375 e. The third-order valence-electron chi connectivity index (χ3n) is 9.35. The molecule has 1 amide bonds. The van der Waals surface area contributed by atoms with Crippen molar-refractivity contribution in [1.29, 1.82) is 0 Å². The highest BCUT2D eigenvalue weighted by molar-refractivity contribution is 5.90. The van der Waals surface area contributed by atoms with Gasteiger partial charge in [0, 0.05) is 87.8 Å². The Labute approximate surface area is 325 Å². The number of rotatable bonds is 7. The van der Waals surface area contributed by atoms with Crippen LogP contribution in [-0.2, 0) is 0 Å². The number of amides is 1. The highest BCUT2D eigenvalue weighted by Gasteiger charge is 2.28. The molecular weight excluding hydrogens is 729 g/mol. The fourth-order valence-corrected chi connectivity index (χ4v) is 6.56. The van der Waals surface area contributed by atoms with Crippen molar-refractivity contribution in [3.63, 3.8) is 0 Å². The molecule has 2 aliphatic heterocycles. The van der Waals surface area contributed by atoms with Crippen LogP contribution in [0.5, 0.6) is 0 Å². The third-order valence-corrected chi connectivity index (χ3v) is 9.35. The zero-order valence-electron chi connectivity index (χ0n) is 30.5. The van der Waals surface area contributed by atoms with Crippen LogP contribution in [0.25, 0.3) is 22.7 Å². The highest BCUT2D eigenvalue weighted by atomic mass is 16.4. The number of hydrogen-bond acceptors (Lipinski definition) is 13. The molecule has 0 aliphatic carbocycles. The number of aromatic nitrogens is 12. The second-order valence-corrected chi connectivity index (χ2v) is 13.2. The van der Waals surface area contributed by atoms with E-state index in [9.17, 15) is 9.59 Å². The van der Waals surface area contributed by atoms with Gasteiger partial charge in [0.15, 0.2) is 22.9 Å². The van der Waals surface area contributed by atoms with Crippen molar-refractivity contribution in [3.8, 4) is 11.4 Å². The first-order chi connectivity index (χ1) is 27.9. The van der Waals surface area contributed by atoms with E-state index >= 15 is 0 Å². The molecule has 6 aromatic heterocycles. The first kappa shape index (κ1) is 36.4. The van der Waals surface area contributed by atoms with Gasteiger partial charge in [-0.05, 0) is 37.1 Å². The Balaban J connectivity index is 0.000000132. The molecule has 288 valence electrons. The first-order valence-corrected chi connectivity index (χ1v) is 18.2. The summed E-state index contributed by atoms with van der Waals surface area (Å²) in [7, 11) is 0. The van der Waals surface area contributed by atoms with Gasteiger partial charge in [-0.25, -0.2) is 44.1 Å². The van der Waals surface area contributed by atoms with Crippen LogP contribution < -0.4 is 20.9 Å². The van der Waals surface area contributed by atoms with Gasteiger partial charge in [-0.1, -0.05) is 36.4 Å². The van der Waals surface area contributed by atoms with Crippen molar-refractivity contribution in [2.24, 2.45) is 5.73 Å². The molecule has 2 aliphatic rings. The molecule has 2 fully saturated rings. The number of fused-ring (bicyclic) bond motifs is 2. The summed E-state index contributed by atoms with van der Waals surface area (Å²) < 4.78 is 6.93. The van der Waals surface area contributed by atoms with Crippen LogP contribution in [0.15, 0.2) is 123 Å². The number of carboxylic acid groups (broad SMARTS) is 1. The average Bonchev–Trinajstić information content (AvgIpc) is 4.10. The lowest BCUT2D eigenvalue weighted by atomic mass is 10.2. The number of nitrogens with two attached hydrogens (primary N) is 1. The molecule has 19 heteroatoms. The van der Waals surface area contributed by atoms with Crippen LogP contribution in [0.1, 0.15) is 34.1 Å². The monoisotopic (exact) mass is 766 g/mol. The van der Waals surface area contributed by atoms with Gasteiger partial charge < -0.3 is 34.8 Å². The quantitative estimate of drug-likeness (QED) is 0.212. The summed E-state index contributed by atoms with van der Waals surface area (Å²) in [6.45, 7) is 3.32. The van der Waals surface area contributed by atoms with E-state index in [1.807, 2.05) is 94.3 Å². The molecule has 10 rings (SSSR count). The molecule has 8 aromatic rings. The summed E-state index contributed by atoms with van der Waals surface area (Å²) in [5.74, 6) is 0.337. The number of carbonyl (C=O) groups excluding carboxylic acids is 1. The molecule has 0 spiro atoms. The first-order valence-electron chi connectivity index (χ1n) is 18.2. The molecule has 2 saturated heterocycles. The molecule has 2 aromatic carbocycles. The van der Waals surface area contributed by atoms with Gasteiger partial charge in [0.05, 0.1) is 11.4 Å². The summed E-state index contributed by atoms with van der Waals surface area (Å²) in [5, 5.41) is 19.7. The van der Waals surface area contributed by atoms with Gasteiger partial charge in [0.25, 0.3) is 11.7 Å². The van der Waals surface area contributed by atoms with Gasteiger partial charge in [0.2, 0.25) is 5.82 Å². The summed E-state index contributed by atoms with van der Waals surface area (Å²) in [6.07, 6.45) is 19.5. The fourth-order valence-electron chi connectivity index (χ4n) is 6.56. The van der Waals surface area contributed by atoms with Crippen LogP contribution in [-0.4, -0.2) is 114 Å². The molecule has 57 heavy (non-hydrogen) atoms. The number of carboxylic acids is 1. The lowest BCUT2D eigenvalue weighted by molar-refractivity contribution is 0.0683. The standard InChI is InChI=1S/C19H18N8O.C10H13N5.C9H7N3O2/c28-19(16-22-13-27(24-16)15-4-2-1-3-5-15)23-14-6-9-26(12-14)18-17-20-7-10-25(17)11-8-21-18;11-8-1-4-15(7-8)10-9-12-2-5-14(9)6-3-13-10;13-9(14)8-10-6-12(11-8)7-4-2-1-3-5-7/h1-5,7-8,10-11,13-14H,6,9,12H2,(H,23,28);2-3,5-6,8H,1,4,7,11H2;1-6H,(H,13,14)/t14-;8-;/m11./s1. The van der Waals surface area contributed by atoms with Crippen molar-refractivity contribution < 1.29 is 14.7 Å². The van der Waals surface area contributed by atoms with Crippen LogP contribution in [0.4, 0.5) is 11.6 Å². The minimum atomic E-state index is -1.13. The maximum Gasteiger partial charge on any atom is 0.375 e. The lowest BCUT2D eigenvalue weighted by Gasteiger charge is -2.18. The molecule has 0 unspecified atom stereocenters. The van der Waals surface area contributed by atoms with Gasteiger partial charge >= 0.3 is 5.97 Å². The molecule has 19 nitrogen and oxygen atoms in total. The van der Waals surface area contributed by atoms with E-state index in [0.29, 0.717) is 6.54 Å². The molecule has 0 bridgehead atoms. The molecule has 8 heterocycles. The number of anilines is 2. The second kappa shape index (κ2) is 16.4. The van der Waals surface area contributed by atoms with E-state index in [0.717, 1.165) is 66.8 Å². The SMILES string of the molecule is N[C@@H]1CCN(c2nccn3ccnc23)C1.O=C(N[C@@H]1CCN(c2nccn3ccnc23)C1)c1ncn(-c2ccccc2)n1.O=C(O)c1ncn(-c2ccccc2)n1. The third kappa shape index (κ3) is 8.27. The maximum atomic E-state index is 12.6. The Morgan fingerprint density at radius 1 is 0.632 bits per heavy atom. The number of carbonyl (C=O) groups is 2. The Morgan fingerprint density at radius 3 is 1.63 bits per heavy atom. The minimum Gasteiger partial charge on any atom is -0.475 e. The number of aromatic carboxylic acids is 1. The van der Waals surface area contributed by atoms with E-state index in [2.05, 4.69) is 55.2 Å². The molecule has 0 saturated carbocycles. The normalized spacial score (nSPS) is 16.2. The molecule has 4 N–H and O–H groups in total. The van der Waals surface area contributed by atoms with Crippen LogP contribution in [0.3, 0.4) is 0 Å². The second-order valence-electron chi connectivity index (χ2n) is 13.2. The molecule has 2 atom stereocenters. The maximum absolute atomic E-state index is 12.6. The number of para-hydroxylation sites is 2. The van der Waals surface area contributed by atoms with Gasteiger partial charge in [0.1, 0.15) is 12.7 Å².